The molecule has 0 saturated carbocycles. The molecule has 108 valence electrons. The Morgan fingerprint density at radius 3 is 2.85 bits per heavy atom. The van der Waals surface area contributed by atoms with Crippen molar-refractivity contribution in [2.75, 3.05) is 6.54 Å². The van der Waals surface area contributed by atoms with Crippen LogP contribution in [0.25, 0.3) is 0 Å². The van der Waals surface area contributed by atoms with Crippen LogP contribution in [0.2, 0.25) is 0 Å². The van der Waals surface area contributed by atoms with Gasteiger partial charge in [-0.1, -0.05) is 13.0 Å². The normalized spacial score (nSPS) is 12.6. The maximum Gasteiger partial charge on any atom is 0.123 e. The average Bonchev–Trinajstić information content (AvgIpc) is 2.85. The van der Waals surface area contributed by atoms with Gasteiger partial charge in [0.25, 0.3) is 0 Å². The van der Waals surface area contributed by atoms with Gasteiger partial charge in [-0.2, -0.15) is 5.10 Å². The molecule has 0 spiro atoms. The Morgan fingerprint density at radius 1 is 1.40 bits per heavy atom. The second-order valence-corrected chi connectivity index (χ2v) is 5.23. The van der Waals surface area contributed by atoms with E-state index in [9.17, 15) is 4.39 Å². The molecule has 20 heavy (non-hydrogen) atoms. The first-order chi connectivity index (χ1) is 9.60. The number of halogens is 1. The molecule has 1 atom stereocenters. The molecule has 0 radical (unpaired) electrons. The minimum atomic E-state index is -0.175. The number of hydrogen-bond acceptors (Lipinski definition) is 2. The third kappa shape index (κ3) is 3.67. The number of aryl methyl sites for hydroxylation is 2. The van der Waals surface area contributed by atoms with Gasteiger partial charge in [-0.3, -0.25) is 4.68 Å². The summed E-state index contributed by atoms with van der Waals surface area (Å²) in [4.78, 5) is 0. The summed E-state index contributed by atoms with van der Waals surface area (Å²) in [6, 6.07) is 5.15. The van der Waals surface area contributed by atoms with E-state index >= 15 is 0 Å². The van der Waals surface area contributed by atoms with Crippen molar-refractivity contribution in [1.82, 2.24) is 15.1 Å². The van der Waals surface area contributed by atoms with Crippen molar-refractivity contribution in [2.45, 2.75) is 32.7 Å². The van der Waals surface area contributed by atoms with E-state index in [1.807, 2.05) is 32.4 Å². The zero-order chi connectivity index (χ0) is 14.5. The monoisotopic (exact) mass is 275 g/mol. The minimum Gasteiger partial charge on any atom is -0.310 e. The highest BCUT2D eigenvalue weighted by Crippen LogP contribution is 2.21. The van der Waals surface area contributed by atoms with Gasteiger partial charge in [-0.15, -0.1) is 0 Å². The summed E-state index contributed by atoms with van der Waals surface area (Å²) < 4.78 is 15.2. The third-order valence-electron chi connectivity index (χ3n) is 3.50. The SMILES string of the molecule is CCCNC(Cc1cc(F)ccc1C)c1cnn(C)c1. The molecule has 1 heterocycles. The number of benzene rings is 1. The van der Waals surface area contributed by atoms with Crippen molar-refractivity contribution >= 4 is 0 Å². The molecule has 0 amide bonds. The molecule has 1 N–H and O–H groups in total. The fourth-order valence-corrected chi connectivity index (χ4v) is 2.33. The van der Waals surface area contributed by atoms with Crippen LogP contribution in [-0.2, 0) is 13.5 Å². The molecule has 2 rings (SSSR count). The van der Waals surface area contributed by atoms with E-state index in [2.05, 4.69) is 17.3 Å². The van der Waals surface area contributed by atoms with Crippen molar-refractivity contribution in [1.29, 1.82) is 0 Å². The molecular weight excluding hydrogens is 253 g/mol. The molecule has 3 nitrogen and oxygen atoms in total. The summed E-state index contributed by atoms with van der Waals surface area (Å²) >= 11 is 0. The zero-order valence-corrected chi connectivity index (χ0v) is 12.4. The Morgan fingerprint density at radius 2 is 2.20 bits per heavy atom. The lowest BCUT2D eigenvalue weighted by molar-refractivity contribution is 0.525. The molecule has 2 aromatic rings. The van der Waals surface area contributed by atoms with Gasteiger partial charge in [0.1, 0.15) is 5.82 Å². The van der Waals surface area contributed by atoms with Crippen molar-refractivity contribution < 1.29 is 4.39 Å². The number of aromatic nitrogens is 2. The summed E-state index contributed by atoms with van der Waals surface area (Å²) in [5, 5.41) is 7.75. The summed E-state index contributed by atoms with van der Waals surface area (Å²) in [6.45, 7) is 5.10. The largest absolute Gasteiger partial charge is 0.310 e. The summed E-state index contributed by atoms with van der Waals surface area (Å²) in [6.07, 6.45) is 5.73. The van der Waals surface area contributed by atoms with Crippen LogP contribution >= 0.6 is 0 Å². The Hall–Kier alpha value is -1.68. The van der Waals surface area contributed by atoms with E-state index < -0.39 is 0 Å². The Bertz CT molecular complexity index is 563. The van der Waals surface area contributed by atoms with E-state index in [-0.39, 0.29) is 11.9 Å². The fourth-order valence-electron chi connectivity index (χ4n) is 2.33. The summed E-state index contributed by atoms with van der Waals surface area (Å²) in [5.74, 6) is -0.175. The van der Waals surface area contributed by atoms with Gasteiger partial charge in [-0.25, -0.2) is 4.39 Å². The second-order valence-electron chi connectivity index (χ2n) is 5.23. The average molecular weight is 275 g/mol. The van der Waals surface area contributed by atoms with Crippen LogP contribution in [0.5, 0.6) is 0 Å². The van der Waals surface area contributed by atoms with Crippen molar-refractivity contribution in [3.05, 3.63) is 53.1 Å². The van der Waals surface area contributed by atoms with E-state index in [4.69, 9.17) is 0 Å². The van der Waals surface area contributed by atoms with Crippen LogP contribution in [0.3, 0.4) is 0 Å². The van der Waals surface area contributed by atoms with Crippen LogP contribution in [0, 0.1) is 12.7 Å². The summed E-state index contributed by atoms with van der Waals surface area (Å²) in [7, 11) is 1.91. The number of hydrogen-bond donors (Lipinski definition) is 1. The predicted octanol–water partition coefficient (Wildman–Crippen LogP) is 3.15. The lowest BCUT2D eigenvalue weighted by atomic mass is 9.97. The molecule has 0 aliphatic heterocycles. The molecule has 1 aromatic carbocycles. The van der Waals surface area contributed by atoms with Gasteiger partial charge in [0.05, 0.1) is 6.20 Å². The number of rotatable bonds is 6. The maximum absolute atomic E-state index is 13.4. The highest BCUT2D eigenvalue weighted by molar-refractivity contribution is 5.29. The highest BCUT2D eigenvalue weighted by Gasteiger charge is 2.15. The van der Waals surface area contributed by atoms with E-state index in [0.29, 0.717) is 0 Å². The number of nitrogens with one attached hydrogen (secondary N) is 1. The molecule has 1 aromatic heterocycles. The maximum atomic E-state index is 13.4. The Labute approximate surface area is 119 Å². The standard InChI is InChI=1S/C16H22FN3/c1-4-7-18-16(14-10-19-20(3)11-14)9-13-8-15(17)6-5-12(13)2/h5-6,8,10-11,16,18H,4,7,9H2,1-3H3. The van der Waals surface area contributed by atoms with Gasteiger partial charge in [0.2, 0.25) is 0 Å². The van der Waals surface area contributed by atoms with Crippen LogP contribution in [-0.4, -0.2) is 16.3 Å². The zero-order valence-electron chi connectivity index (χ0n) is 12.4. The first-order valence-corrected chi connectivity index (χ1v) is 7.07. The van der Waals surface area contributed by atoms with Crippen molar-refractivity contribution in [2.24, 2.45) is 7.05 Å². The van der Waals surface area contributed by atoms with Gasteiger partial charge in [0.15, 0.2) is 0 Å². The van der Waals surface area contributed by atoms with Crippen LogP contribution < -0.4 is 5.32 Å². The molecule has 0 aliphatic rings. The van der Waals surface area contributed by atoms with Crippen molar-refractivity contribution in [3.63, 3.8) is 0 Å². The van der Waals surface area contributed by atoms with Gasteiger partial charge in [0, 0.05) is 24.8 Å². The van der Waals surface area contributed by atoms with Crippen LogP contribution in [0.15, 0.2) is 30.6 Å². The Balaban J connectivity index is 2.21. The van der Waals surface area contributed by atoms with Crippen molar-refractivity contribution in [3.8, 4) is 0 Å². The first kappa shape index (κ1) is 14.7. The predicted molar refractivity (Wildman–Crippen MR) is 79.1 cm³/mol. The quantitative estimate of drug-likeness (QED) is 0.877. The lowest BCUT2D eigenvalue weighted by Gasteiger charge is -2.18. The topological polar surface area (TPSA) is 29.9 Å². The van der Waals surface area contributed by atoms with E-state index in [0.717, 1.165) is 36.1 Å². The second kappa shape index (κ2) is 6.66. The molecule has 4 heteroatoms. The van der Waals surface area contributed by atoms with Gasteiger partial charge >= 0.3 is 0 Å². The molecule has 0 aliphatic carbocycles. The Kier molecular flexibility index (Phi) is 4.90. The molecule has 0 saturated heterocycles. The number of nitrogens with zero attached hydrogens (tertiary/aromatic N) is 2. The molecule has 0 bridgehead atoms. The summed E-state index contributed by atoms with van der Waals surface area (Å²) in [5.41, 5.74) is 3.31. The van der Waals surface area contributed by atoms with Gasteiger partial charge < -0.3 is 5.32 Å². The molecule has 0 fully saturated rings. The minimum absolute atomic E-state index is 0.171. The fraction of sp³-hybridized carbons (Fsp3) is 0.438. The third-order valence-corrected chi connectivity index (χ3v) is 3.50. The first-order valence-electron chi connectivity index (χ1n) is 7.07. The molecular formula is C16H22FN3. The smallest absolute Gasteiger partial charge is 0.123 e. The van der Waals surface area contributed by atoms with E-state index in [1.54, 1.807) is 10.7 Å². The lowest BCUT2D eigenvalue weighted by Crippen LogP contribution is -2.24. The molecule has 1 unspecified atom stereocenters. The van der Waals surface area contributed by atoms with Crippen LogP contribution in [0.4, 0.5) is 4.39 Å². The van der Waals surface area contributed by atoms with Gasteiger partial charge in [-0.05, 0) is 49.6 Å². The van der Waals surface area contributed by atoms with E-state index in [1.165, 1.54) is 6.07 Å². The highest BCUT2D eigenvalue weighted by atomic mass is 19.1. The van der Waals surface area contributed by atoms with Crippen LogP contribution in [0.1, 0.15) is 36.1 Å².